The van der Waals surface area contributed by atoms with Crippen molar-refractivity contribution in [3.05, 3.63) is 63.6 Å². The van der Waals surface area contributed by atoms with Gasteiger partial charge >= 0.3 is 5.97 Å². The smallest absolute Gasteiger partial charge is 0.335 e. The van der Waals surface area contributed by atoms with Crippen molar-refractivity contribution in [1.29, 1.82) is 0 Å². The summed E-state index contributed by atoms with van der Waals surface area (Å²) in [5.41, 5.74) is 4.07. The Balaban J connectivity index is 1.75. The molecule has 0 aliphatic rings. The average molecular weight is 419 g/mol. The van der Waals surface area contributed by atoms with Gasteiger partial charge in [0.05, 0.1) is 10.6 Å². The molecule has 0 spiro atoms. The number of aryl methyl sites for hydroxylation is 2. The topological polar surface area (TPSA) is 88.0 Å². The van der Waals surface area contributed by atoms with Crippen molar-refractivity contribution in [2.24, 2.45) is 0 Å². The van der Waals surface area contributed by atoms with Crippen LogP contribution in [0.4, 0.5) is 11.5 Å². The highest BCUT2D eigenvalue weighted by atomic mass is 32.1. The highest BCUT2D eigenvalue weighted by Crippen LogP contribution is 2.28. The lowest BCUT2D eigenvalue weighted by Crippen LogP contribution is -2.07. The van der Waals surface area contributed by atoms with Gasteiger partial charge in [-0.05, 0) is 54.8 Å². The number of hydrogen-bond acceptors (Lipinski definition) is 6. The number of carboxylic acids is 1. The van der Waals surface area contributed by atoms with Crippen LogP contribution in [-0.2, 0) is 12.8 Å². The van der Waals surface area contributed by atoms with Gasteiger partial charge in [0, 0.05) is 22.3 Å². The van der Waals surface area contributed by atoms with Crippen molar-refractivity contribution in [3.8, 4) is 11.5 Å². The minimum absolute atomic E-state index is 0.281. The van der Waals surface area contributed by atoms with Crippen LogP contribution in [-0.4, -0.2) is 26.0 Å². The number of aromatic carboxylic acids is 1. The lowest BCUT2D eigenvalue weighted by Gasteiger charge is -2.15. The molecule has 4 aromatic rings. The zero-order valence-electron chi connectivity index (χ0n) is 17.1. The van der Waals surface area contributed by atoms with Crippen molar-refractivity contribution in [2.75, 3.05) is 5.32 Å². The van der Waals surface area contributed by atoms with Crippen molar-refractivity contribution >= 4 is 39.6 Å². The van der Waals surface area contributed by atoms with E-state index in [1.807, 2.05) is 36.6 Å². The van der Waals surface area contributed by atoms with Crippen molar-refractivity contribution in [1.82, 2.24) is 15.0 Å². The normalized spacial score (nSPS) is 11.0. The van der Waals surface area contributed by atoms with E-state index in [1.54, 1.807) is 23.5 Å². The molecule has 0 saturated carbocycles. The molecule has 0 bridgehead atoms. The largest absolute Gasteiger partial charge is 0.478 e. The molecule has 0 saturated heterocycles. The van der Waals surface area contributed by atoms with Crippen molar-refractivity contribution in [2.45, 2.75) is 33.6 Å². The van der Waals surface area contributed by atoms with Crippen LogP contribution < -0.4 is 5.32 Å². The molecular weight excluding hydrogens is 396 g/mol. The number of benzene rings is 2. The molecule has 2 N–H and O–H groups in total. The number of anilines is 2. The van der Waals surface area contributed by atoms with Crippen LogP contribution in [0.1, 0.15) is 40.5 Å². The van der Waals surface area contributed by atoms with E-state index in [0.29, 0.717) is 5.82 Å². The minimum atomic E-state index is -0.926. The zero-order chi connectivity index (χ0) is 21.3. The Morgan fingerprint density at radius 3 is 2.47 bits per heavy atom. The van der Waals surface area contributed by atoms with Crippen LogP contribution in [0.15, 0.2) is 41.8 Å². The van der Waals surface area contributed by atoms with Gasteiger partial charge in [-0.3, -0.25) is 0 Å². The first-order valence-corrected chi connectivity index (χ1v) is 10.7. The SMILES string of the molecule is CCc1nc(-c2csc(C)n2)nc(Nc2ccc3cc(C(=O)O)ccc3c2)c1CC. The first kappa shape index (κ1) is 20.0. The number of nitrogens with zero attached hydrogens (tertiary/aromatic N) is 3. The van der Waals surface area contributed by atoms with Gasteiger partial charge in [-0.1, -0.05) is 26.0 Å². The zero-order valence-corrected chi connectivity index (χ0v) is 17.9. The van der Waals surface area contributed by atoms with Crippen LogP contribution in [0, 0.1) is 6.92 Å². The molecule has 0 unspecified atom stereocenters. The maximum absolute atomic E-state index is 11.2. The first-order chi connectivity index (χ1) is 14.5. The lowest BCUT2D eigenvalue weighted by atomic mass is 10.1. The summed E-state index contributed by atoms with van der Waals surface area (Å²) >= 11 is 1.58. The Morgan fingerprint density at radius 1 is 1.03 bits per heavy atom. The van der Waals surface area contributed by atoms with Gasteiger partial charge < -0.3 is 10.4 Å². The summed E-state index contributed by atoms with van der Waals surface area (Å²) in [4.78, 5) is 25.3. The van der Waals surface area contributed by atoms with Crippen LogP contribution in [0.3, 0.4) is 0 Å². The molecule has 0 aliphatic heterocycles. The highest BCUT2D eigenvalue weighted by molar-refractivity contribution is 7.09. The van der Waals surface area contributed by atoms with Crippen molar-refractivity contribution in [3.63, 3.8) is 0 Å². The third kappa shape index (κ3) is 3.89. The first-order valence-electron chi connectivity index (χ1n) is 9.85. The van der Waals surface area contributed by atoms with Gasteiger partial charge in [0.25, 0.3) is 0 Å². The molecule has 2 aromatic carbocycles. The van der Waals surface area contributed by atoms with E-state index >= 15 is 0 Å². The molecule has 6 nitrogen and oxygen atoms in total. The van der Waals surface area contributed by atoms with E-state index in [0.717, 1.165) is 57.1 Å². The second-order valence-corrected chi connectivity index (χ2v) is 8.05. The van der Waals surface area contributed by atoms with Crippen LogP contribution in [0.2, 0.25) is 0 Å². The molecule has 2 aromatic heterocycles. The van der Waals surface area contributed by atoms with E-state index in [4.69, 9.17) is 9.97 Å². The fourth-order valence-corrected chi connectivity index (χ4v) is 4.06. The number of aromatic nitrogens is 3. The standard InChI is InChI=1S/C23H22N4O2S/c1-4-18-19(5-2)26-22(20-12-30-13(3)24-20)27-21(18)25-17-9-8-14-10-16(23(28)29)7-6-15(14)11-17/h6-12H,4-5H2,1-3H3,(H,28,29)(H,25,26,27). The molecule has 2 heterocycles. The maximum Gasteiger partial charge on any atom is 0.335 e. The molecule has 0 radical (unpaired) electrons. The molecule has 0 aliphatic carbocycles. The van der Waals surface area contributed by atoms with Gasteiger partial charge in [-0.25, -0.2) is 19.7 Å². The van der Waals surface area contributed by atoms with Crippen molar-refractivity contribution < 1.29 is 9.90 Å². The molecule has 30 heavy (non-hydrogen) atoms. The van der Waals surface area contributed by atoms with E-state index < -0.39 is 5.97 Å². The predicted molar refractivity (Wildman–Crippen MR) is 121 cm³/mol. The molecule has 7 heteroatoms. The van der Waals surface area contributed by atoms with Gasteiger partial charge in [0.1, 0.15) is 11.5 Å². The second kappa shape index (κ2) is 8.20. The monoisotopic (exact) mass is 418 g/mol. The van der Waals surface area contributed by atoms with E-state index in [2.05, 4.69) is 24.1 Å². The quantitative estimate of drug-likeness (QED) is 0.422. The number of carboxylic acid groups (broad SMARTS) is 1. The van der Waals surface area contributed by atoms with E-state index in [1.165, 1.54) is 0 Å². The molecular formula is C23H22N4O2S. The number of hydrogen-bond donors (Lipinski definition) is 2. The summed E-state index contributed by atoms with van der Waals surface area (Å²) in [5, 5.41) is 17.5. The number of fused-ring (bicyclic) bond motifs is 1. The van der Waals surface area contributed by atoms with E-state index in [9.17, 15) is 9.90 Å². The molecule has 0 fully saturated rings. The maximum atomic E-state index is 11.2. The van der Waals surface area contributed by atoms with Gasteiger partial charge in [0.15, 0.2) is 5.82 Å². The van der Waals surface area contributed by atoms with Gasteiger partial charge in [-0.15, -0.1) is 11.3 Å². The predicted octanol–water partition coefficient (Wildman–Crippen LogP) is 5.63. The molecule has 0 atom stereocenters. The molecule has 4 rings (SSSR count). The summed E-state index contributed by atoms with van der Waals surface area (Å²) in [5.74, 6) is 0.485. The minimum Gasteiger partial charge on any atom is -0.478 e. The fraction of sp³-hybridized carbons (Fsp3) is 0.217. The number of carbonyl (C=O) groups is 1. The Bertz CT molecular complexity index is 1250. The van der Waals surface area contributed by atoms with Gasteiger partial charge in [-0.2, -0.15) is 0 Å². The van der Waals surface area contributed by atoms with E-state index in [-0.39, 0.29) is 5.56 Å². The third-order valence-corrected chi connectivity index (χ3v) is 5.75. The van der Waals surface area contributed by atoms with Crippen LogP contribution in [0.25, 0.3) is 22.3 Å². The number of rotatable bonds is 6. The van der Waals surface area contributed by atoms with Crippen LogP contribution in [0.5, 0.6) is 0 Å². The fourth-order valence-electron chi connectivity index (χ4n) is 3.47. The Morgan fingerprint density at radius 2 is 1.80 bits per heavy atom. The third-order valence-electron chi connectivity index (χ3n) is 4.98. The molecule has 152 valence electrons. The van der Waals surface area contributed by atoms with Gasteiger partial charge in [0.2, 0.25) is 0 Å². The summed E-state index contributed by atoms with van der Waals surface area (Å²) < 4.78 is 0. The summed E-state index contributed by atoms with van der Waals surface area (Å²) in [6.07, 6.45) is 1.63. The summed E-state index contributed by atoms with van der Waals surface area (Å²) in [6.45, 7) is 6.17. The molecule has 0 amide bonds. The van der Waals surface area contributed by atoms with Crippen LogP contribution >= 0.6 is 11.3 Å². The summed E-state index contributed by atoms with van der Waals surface area (Å²) in [6, 6.07) is 11.0. The Kier molecular flexibility index (Phi) is 5.46. The number of thiazole rings is 1. The average Bonchev–Trinajstić information content (AvgIpc) is 3.19. The second-order valence-electron chi connectivity index (χ2n) is 6.99. The highest BCUT2D eigenvalue weighted by Gasteiger charge is 2.15. The Labute approximate surface area is 178 Å². The summed E-state index contributed by atoms with van der Waals surface area (Å²) in [7, 11) is 0. The lowest BCUT2D eigenvalue weighted by molar-refractivity contribution is 0.0697. The number of nitrogens with one attached hydrogen (secondary N) is 1. The Hall–Kier alpha value is -3.32.